The molecule has 1 heterocycles. The van der Waals surface area contributed by atoms with Gasteiger partial charge in [-0.1, -0.05) is 15.9 Å². The van der Waals surface area contributed by atoms with E-state index in [2.05, 4.69) is 31.9 Å². The molecule has 0 unspecified atom stereocenters. The predicted molar refractivity (Wildman–Crippen MR) is 80.7 cm³/mol. The number of carbonyl (C=O) groups excluding carboxylic acids is 1. The quantitative estimate of drug-likeness (QED) is 0.708. The van der Waals surface area contributed by atoms with Crippen LogP contribution in [0, 0.1) is 0 Å². The number of carbonyl (C=O) groups is 1. The molecule has 0 N–H and O–H groups in total. The Kier molecular flexibility index (Phi) is 4.59. The number of halogens is 2. The molecule has 0 atom stereocenters. The Morgan fingerprint density at radius 3 is 2.72 bits per heavy atom. The van der Waals surface area contributed by atoms with Gasteiger partial charge in [0.15, 0.2) is 5.78 Å². The van der Waals surface area contributed by atoms with Crippen molar-refractivity contribution in [2.75, 3.05) is 7.11 Å². The van der Waals surface area contributed by atoms with Crippen molar-refractivity contribution in [1.29, 1.82) is 0 Å². The second kappa shape index (κ2) is 5.99. The van der Waals surface area contributed by atoms with Gasteiger partial charge in [-0.15, -0.1) is 11.3 Å². The van der Waals surface area contributed by atoms with Crippen molar-refractivity contribution < 1.29 is 9.53 Å². The Labute approximate surface area is 126 Å². The van der Waals surface area contributed by atoms with Crippen LogP contribution in [-0.2, 0) is 6.42 Å². The van der Waals surface area contributed by atoms with E-state index in [0.717, 1.165) is 25.1 Å². The third kappa shape index (κ3) is 3.22. The monoisotopic (exact) mass is 388 g/mol. The molecular formula is C13H10Br2O2S. The zero-order valence-corrected chi connectivity index (χ0v) is 13.6. The van der Waals surface area contributed by atoms with E-state index in [0.29, 0.717) is 6.42 Å². The van der Waals surface area contributed by atoms with E-state index in [9.17, 15) is 4.79 Å². The Balaban J connectivity index is 2.23. The molecule has 0 fully saturated rings. The first kappa shape index (κ1) is 13.8. The van der Waals surface area contributed by atoms with Crippen molar-refractivity contribution >= 4 is 49.0 Å². The second-order valence-corrected chi connectivity index (χ2v) is 6.90. The average Bonchev–Trinajstić information content (AvgIpc) is 2.76. The maximum Gasteiger partial charge on any atom is 0.168 e. The molecule has 2 aromatic rings. The third-order valence-electron chi connectivity index (χ3n) is 2.48. The van der Waals surface area contributed by atoms with Crippen LogP contribution in [0.5, 0.6) is 5.75 Å². The summed E-state index contributed by atoms with van der Waals surface area (Å²) in [4.78, 5) is 12.1. The van der Waals surface area contributed by atoms with Crippen LogP contribution in [0.1, 0.15) is 15.9 Å². The molecule has 2 nitrogen and oxygen atoms in total. The molecule has 0 radical (unpaired) electrons. The van der Waals surface area contributed by atoms with E-state index in [-0.39, 0.29) is 5.78 Å². The molecule has 94 valence electrons. The maximum absolute atomic E-state index is 12.1. The predicted octanol–water partition coefficient (Wildman–Crippen LogP) is 4.71. The molecule has 2 rings (SSSR count). The first-order valence-corrected chi connectivity index (χ1v) is 7.66. The highest BCUT2D eigenvalue weighted by Crippen LogP contribution is 2.26. The van der Waals surface area contributed by atoms with Crippen LogP contribution >= 0.6 is 43.2 Å². The molecule has 1 aromatic carbocycles. The van der Waals surface area contributed by atoms with Gasteiger partial charge in [0, 0.05) is 27.4 Å². The van der Waals surface area contributed by atoms with Crippen LogP contribution in [0.15, 0.2) is 37.9 Å². The van der Waals surface area contributed by atoms with Crippen molar-refractivity contribution in [2.24, 2.45) is 0 Å². The summed E-state index contributed by atoms with van der Waals surface area (Å²) in [7, 11) is 1.61. The molecule has 0 aliphatic carbocycles. The lowest BCUT2D eigenvalue weighted by Crippen LogP contribution is -2.03. The fourth-order valence-corrected chi connectivity index (χ4v) is 3.19. The van der Waals surface area contributed by atoms with Gasteiger partial charge in [-0.05, 0) is 40.2 Å². The summed E-state index contributed by atoms with van der Waals surface area (Å²) >= 11 is 8.27. The van der Waals surface area contributed by atoms with Crippen LogP contribution in [0.4, 0.5) is 0 Å². The van der Waals surface area contributed by atoms with Crippen LogP contribution in [0.2, 0.25) is 0 Å². The van der Waals surface area contributed by atoms with Gasteiger partial charge in [0.1, 0.15) is 5.75 Å². The van der Waals surface area contributed by atoms with Gasteiger partial charge < -0.3 is 4.74 Å². The topological polar surface area (TPSA) is 26.3 Å². The fraction of sp³-hybridized carbons (Fsp3) is 0.154. The van der Waals surface area contributed by atoms with E-state index in [1.165, 1.54) is 11.3 Å². The van der Waals surface area contributed by atoms with Crippen LogP contribution in [0.25, 0.3) is 0 Å². The minimum Gasteiger partial charge on any atom is -0.496 e. The molecule has 0 aliphatic heterocycles. The molecule has 1 aromatic heterocycles. The second-order valence-electron chi connectivity index (χ2n) is 3.70. The van der Waals surface area contributed by atoms with Gasteiger partial charge in [-0.2, -0.15) is 0 Å². The highest BCUT2D eigenvalue weighted by atomic mass is 79.9. The molecule has 18 heavy (non-hydrogen) atoms. The van der Waals surface area contributed by atoms with Crippen molar-refractivity contribution in [1.82, 2.24) is 0 Å². The Bertz CT molecular complexity index is 578. The summed E-state index contributed by atoms with van der Waals surface area (Å²) in [6.07, 6.45) is 0.339. The first-order valence-electron chi connectivity index (χ1n) is 5.20. The number of ketones is 1. The summed E-state index contributed by atoms with van der Waals surface area (Å²) in [5.41, 5.74) is 1.62. The normalized spacial score (nSPS) is 10.4. The molecule has 5 heteroatoms. The number of Topliss-reactive ketones (excluding diaryl/α,β-unsaturated/α-hetero) is 1. The average molecular weight is 390 g/mol. The molecule has 0 bridgehead atoms. The number of methoxy groups -OCH3 is 1. The summed E-state index contributed by atoms with van der Waals surface area (Å²) in [6, 6.07) is 7.51. The number of benzene rings is 1. The largest absolute Gasteiger partial charge is 0.496 e. The van der Waals surface area contributed by atoms with E-state index < -0.39 is 0 Å². The van der Waals surface area contributed by atoms with Crippen molar-refractivity contribution in [2.45, 2.75) is 6.42 Å². The van der Waals surface area contributed by atoms with Crippen molar-refractivity contribution in [3.05, 3.63) is 49.0 Å². The van der Waals surface area contributed by atoms with Crippen molar-refractivity contribution in [3.63, 3.8) is 0 Å². The van der Waals surface area contributed by atoms with Gasteiger partial charge in [0.25, 0.3) is 0 Å². The standard InChI is InChI=1S/C13H10Br2O2S/c1-17-12-3-2-10(14)4-8(12)5-11(16)9-6-13(15)18-7-9/h2-4,6-7H,5H2,1H3. The van der Waals surface area contributed by atoms with E-state index in [1.807, 2.05) is 29.6 Å². The molecule has 0 spiro atoms. The number of thiophene rings is 1. The molecular weight excluding hydrogens is 380 g/mol. The van der Waals surface area contributed by atoms with Crippen molar-refractivity contribution in [3.8, 4) is 5.75 Å². The lowest BCUT2D eigenvalue weighted by Gasteiger charge is -2.07. The minimum absolute atomic E-state index is 0.0911. The Hall–Kier alpha value is -0.650. The van der Waals surface area contributed by atoms with Gasteiger partial charge in [-0.3, -0.25) is 4.79 Å². The SMILES string of the molecule is COc1ccc(Br)cc1CC(=O)c1csc(Br)c1. The van der Waals surface area contributed by atoms with E-state index >= 15 is 0 Å². The highest BCUT2D eigenvalue weighted by molar-refractivity contribution is 9.11. The van der Waals surface area contributed by atoms with Crippen LogP contribution in [-0.4, -0.2) is 12.9 Å². The summed E-state index contributed by atoms with van der Waals surface area (Å²) < 4.78 is 7.17. The number of rotatable bonds is 4. The molecule has 0 saturated heterocycles. The lowest BCUT2D eigenvalue weighted by molar-refractivity contribution is 0.0992. The van der Waals surface area contributed by atoms with Gasteiger partial charge in [0.2, 0.25) is 0 Å². The van der Waals surface area contributed by atoms with Gasteiger partial charge >= 0.3 is 0 Å². The number of hydrogen-bond donors (Lipinski definition) is 0. The Morgan fingerprint density at radius 2 is 2.11 bits per heavy atom. The smallest absolute Gasteiger partial charge is 0.168 e. The highest BCUT2D eigenvalue weighted by Gasteiger charge is 2.12. The zero-order valence-electron chi connectivity index (χ0n) is 9.57. The molecule has 0 aliphatic rings. The van der Waals surface area contributed by atoms with E-state index in [4.69, 9.17) is 4.74 Å². The Morgan fingerprint density at radius 1 is 1.33 bits per heavy atom. The zero-order chi connectivity index (χ0) is 13.1. The maximum atomic E-state index is 12.1. The lowest BCUT2D eigenvalue weighted by atomic mass is 10.0. The molecule has 0 amide bonds. The van der Waals surface area contributed by atoms with Crippen LogP contribution < -0.4 is 4.74 Å². The fourth-order valence-electron chi connectivity index (χ4n) is 1.62. The van der Waals surface area contributed by atoms with E-state index in [1.54, 1.807) is 7.11 Å². The van der Waals surface area contributed by atoms with Gasteiger partial charge in [-0.25, -0.2) is 0 Å². The van der Waals surface area contributed by atoms with Crippen LogP contribution in [0.3, 0.4) is 0 Å². The summed E-state index contributed by atoms with van der Waals surface area (Å²) in [6.45, 7) is 0. The summed E-state index contributed by atoms with van der Waals surface area (Å²) in [5.74, 6) is 0.828. The molecule has 0 saturated carbocycles. The minimum atomic E-state index is 0.0911. The van der Waals surface area contributed by atoms with Gasteiger partial charge in [0.05, 0.1) is 10.9 Å². The first-order chi connectivity index (χ1) is 8.60. The number of hydrogen-bond acceptors (Lipinski definition) is 3. The summed E-state index contributed by atoms with van der Waals surface area (Å²) in [5, 5.41) is 1.86. The number of ether oxygens (including phenoxy) is 1. The third-order valence-corrected chi connectivity index (χ3v) is 4.48.